The van der Waals surface area contributed by atoms with E-state index in [-0.39, 0.29) is 0 Å². The van der Waals surface area contributed by atoms with E-state index in [0.29, 0.717) is 12.2 Å². The molecule has 1 atom stereocenters. The highest BCUT2D eigenvalue weighted by atomic mass is 16.5. The minimum atomic E-state index is -0.613. The van der Waals surface area contributed by atoms with Gasteiger partial charge in [0.2, 0.25) is 0 Å². The van der Waals surface area contributed by atoms with Crippen LogP contribution in [0.1, 0.15) is 24.2 Å². The Morgan fingerprint density at radius 3 is 2.94 bits per heavy atom. The van der Waals surface area contributed by atoms with Crippen LogP contribution in [0.15, 0.2) is 30.9 Å². The van der Waals surface area contributed by atoms with E-state index >= 15 is 0 Å². The zero-order valence-electron chi connectivity index (χ0n) is 10.6. The first-order valence-electron chi connectivity index (χ1n) is 5.92. The maximum atomic E-state index is 10.2. The molecule has 0 saturated heterocycles. The molecule has 0 fully saturated rings. The van der Waals surface area contributed by atoms with Gasteiger partial charge in [-0.3, -0.25) is 9.67 Å². The van der Waals surface area contributed by atoms with Gasteiger partial charge in [0.1, 0.15) is 5.75 Å². The van der Waals surface area contributed by atoms with E-state index in [1.807, 2.05) is 17.8 Å². The van der Waals surface area contributed by atoms with Crippen molar-refractivity contribution in [2.75, 3.05) is 7.11 Å². The zero-order chi connectivity index (χ0) is 13.0. The molecule has 2 aromatic rings. The molecule has 5 heteroatoms. The van der Waals surface area contributed by atoms with Crippen LogP contribution in [0.4, 0.5) is 0 Å². The second-order valence-corrected chi connectivity index (χ2v) is 4.04. The van der Waals surface area contributed by atoms with Crippen LogP contribution >= 0.6 is 0 Å². The number of methoxy groups -OCH3 is 1. The van der Waals surface area contributed by atoms with Crippen LogP contribution in [-0.4, -0.2) is 27.0 Å². The molecule has 0 aromatic carbocycles. The smallest absolute Gasteiger partial charge is 0.142 e. The van der Waals surface area contributed by atoms with Gasteiger partial charge in [-0.15, -0.1) is 0 Å². The highest BCUT2D eigenvalue weighted by molar-refractivity contribution is 5.32. The Bertz CT molecular complexity index is 510. The van der Waals surface area contributed by atoms with Gasteiger partial charge in [0, 0.05) is 30.9 Å². The van der Waals surface area contributed by atoms with Gasteiger partial charge >= 0.3 is 0 Å². The number of nitrogens with zero attached hydrogens (tertiary/aromatic N) is 3. The van der Waals surface area contributed by atoms with Crippen LogP contribution in [0.5, 0.6) is 5.75 Å². The van der Waals surface area contributed by atoms with Crippen molar-refractivity contribution in [1.29, 1.82) is 0 Å². The quantitative estimate of drug-likeness (QED) is 0.871. The molecule has 0 spiro atoms. The Kier molecular flexibility index (Phi) is 3.94. The van der Waals surface area contributed by atoms with Crippen molar-refractivity contribution in [2.45, 2.75) is 26.0 Å². The van der Waals surface area contributed by atoms with Crippen molar-refractivity contribution in [3.63, 3.8) is 0 Å². The third kappa shape index (κ3) is 2.68. The standard InChI is InChI=1S/C13H17N3O2/c1-3-16-9-10(7-15-16)6-12(17)11-4-5-14-8-13(11)18-2/h4-5,7-9,12,17H,3,6H2,1-2H3. The summed E-state index contributed by atoms with van der Waals surface area (Å²) in [4.78, 5) is 3.97. The molecule has 18 heavy (non-hydrogen) atoms. The van der Waals surface area contributed by atoms with Crippen molar-refractivity contribution in [1.82, 2.24) is 14.8 Å². The number of hydrogen-bond donors (Lipinski definition) is 1. The minimum absolute atomic E-state index is 0.514. The first-order valence-corrected chi connectivity index (χ1v) is 5.92. The van der Waals surface area contributed by atoms with Crippen molar-refractivity contribution >= 4 is 0 Å². The van der Waals surface area contributed by atoms with E-state index in [0.717, 1.165) is 17.7 Å². The zero-order valence-corrected chi connectivity index (χ0v) is 10.6. The predicted octanol–water partition coefficient (Wildman–Crippen LogP) is 1.58. The largest absolute Gasteiger partial charge is 0.495 e. The summed E-state index contributed by atoms with van der Waals surface area (Å²) in [5, 5.41) is 14.4. The summed E-state index contributed by atoms with van der Waals surface area (Å²) in [5.41, 5.74) is 1.75. The lowest BCUT2D eigenvalue weighted by atomic mass is 10.0. The first-order chi connectivity index (χ1) is 8.74. The Balaban J connectivity index is 2.13. The molecule has 0 saturated carbocycles. The van der Waals surface area contributed by atoms with Gasteiger partial charge in [-0.2, -0.15) is 5.10 Å². The lowest BCUT2D eigenvalue weighted by molar-refractivity contribution is 0.174. The van der Waals surface area contributed by atoms with E-state index in [2.05, 4.69) is 10.1 Å². The molecule has 96 valence electrons. The molecule has 0 aliphatic heterocycles. The Labute approximate surface area is 106 Å². The molecular formula is C13H17N3O2. The fourth-order valence-electron chi connectivity index (χ4n) is 1.85. The van der Waals surface area contributed by atoms with Crippen LogP contribution in [0.2, 0.25) is 0 Å². The van der Waals surface area contributed by atoms with Gasteiger partial charge in [-0.1, -0.05) is 0 Å². The normalized spacial score (nSPS) is 12.4. The molecule has 2 rings (SSSR count). The average molecular weight is 247 g/mol. The predicted molar refractivity (Wildman–Crippen MR) is 67.4 cm³/mol. The number of rotatable bonds is 5. The van der Waals surface area contributed by atoms with Gasteiger partial charge in [0.25, 0.3) is 0 Å². The van der Waals surface area contributed by atoms with E-state index in [1.165, 1.54) is 0 Å². The minimum Gasteiger partial charge on any atom is -0.495 e. The van der Waals surface area contributed by atoms with Crippen LogP contribution in [-0.2, 0) is 13.0 Å². The van der Waals surface area contributed by atoms with Gasteiger partial charge in [0.15, 0.2) is 0 Å². The molecule has 0 aliphatic carbocycles. The second kappa shape index (κ2) is 5.64. The number of aromatic nitrogens is 3. The number of hydrogen-bond acceptors (Lipinski definition) is 4. The number of aliphatic hydroxyl groups is 1. The van der Waals surface area contributed by atoms with Crippen LogP contribution in [0.3, 0.4) is 0 Å². The maximum absolute atomic E-state index is 10.2. The molecule has 0 aliphatic rings. The molecule has 1 N–H and O–H groups in total. The van der Waals surface area contributed by atoms with Crippen LogP contribution in [0, 0.1) is 0 Å². The topological polar surface area (TPSA) is 60.2 Å². The van der Waals surface area contributed by atoms with Gasteiger partial charge in [0.05, 0.1) is 25.6 Å². The third-order valence-electron chi connectivity index (χ3n) is 2.84. The Hall–Kier alpha value is -1.88. The van der Waals surface area contributed by atoms with Crippen molar-refractivity contribution in [3.05, 3.63) is 42.0 Å². The summed E-state index contributed by atoms with van der Waals surface area (Å²) in [6, 6.07) is 1.77. The van der Waals surface area contributed by atoms with Gasteiger partial charge in [-0.05, 0) is 18.6 Å². The molecule has 5 nitrogen and oxygen atoms in total. The fraction of sp³-hybridized carbons (Fsp3) is 0.385. The molecule has 2 heterocycles. The molecule has 0 bridgehead atoms. The molecular weight excluding hydrogens is 230 g/mol. The summed E-state index contributed by atoms with van der Waals surface area (Å²) in [6.45, 7) is 2.85. The molecule has 0 radical (unpaired) electrons. The lowest BCUT2D eigenvalue weighted by Crippen LogP contribution is -2.04. The number of ether oxygens (including phenoxy) is 1. The summed E-state index contributed by atoms with van der Waals surface area (Å²) in [5.74, 6) is 0.605. The first kappa shape index (κ1) is 12.6. The summed E-state index contributed by atoms with van der Waals surface area (Å²) in [6.07, 6.45) is 6.87. The van der Waals surface area contributed by atoms with E-state index in [1.54, 1.807) is 31.8 Å². The SMILES string of the molecule is CCn1cc(CC(O)c2ccncc2OC)cn1. The monoisotopic (exact) mass is 247 g/mol. The van der Waals surface area contributed by atoms with E-state index in [9.17, 15) is 5.11 Å². The number of aliphatic hydroxyl groups excluding tert-OH is 1. The molecule has 1 unspecified atom stereocenters. The maximum Gasteiger partial charge on any atom is 0.142 e. The van der Waals surface area contributed by atoms with E-state index < -0.39 is 6.10 Å². The van der Waals surface area contributed by atoms with E-state index in [4.69, 9.17) is 4.74 Å². The second-order valence-electron chi connectivity index (χ2n) is 4.04. The van der Waals surface area contributed by atoms with Gasteiger partial charge in [-0.25, -0.2) is 0 Å². The summed E-state index contributed by atoms with van der Waals surface area (Å²) < 4.78 is 7.03. The number of pyridine rings is 1. The summed E-state index contributed by atoms with van der Waals surface area (Å²) >= 11 is 0. The van der Waals surface area contributed by atoms with Crippen LogP contribution < -0.4 is 4.74 Å². The Morgan fingerprint density at radius 1 is 1.44 bits per heavy atom. The molecule has 2 aromatic heterocycles. The fourth-order valence-corrected chi connectivity index (χ4v) is 1.85. The van der Waals surface area contributed by atoms with Crippen LogP contribution in [0.25, 0.3) is 0 Å². The Morgan fingerprint density at radius 2 is 2.28 bits per heavy atom. The van der Waals surface area contributed by atoms with Crippen molar-refractivity contribution < 1.29 is 9.84 Å². The van der Waals surface area contributed by atoms with Crippen molar-refractivity contribution in [3.8, 4) is 5.75 Å². The van der Waals surface area contributed by atoms with Gasteiger partial charge < -0.3 is 9.84 Å². The average Bonchev–Trinajstić information content (AvgIpc) is 2.86. The molecule has 0 amide bonds. The number of aryl methyl sites for hydroxylation is 1. The lowest BCUT2D eigenvalue weighted by Gasteiger charge is -2.13. The van der Waals surface area contributed by atoms with Crippen molar-refractivity contribution in [2.24, 2.45) is 0 Å². The summed E-state index contributed by atoms with van der Waals surface area (Å²) in [7, 11) is 1.57. The third-order valence-corrected chi connectivity index (χ3v) is 2.84. The highest BCUT2D eigenvalue weighted by Crippen LogP contribution is 2.26. The highest BCUT2D eigenvalue weighted by Gasteiger charge is 2.14.